The average Bonchev–Trinajstić information content (AvgIpc) is 2.14. The Hall–Kier alpha value is -0.650. The van der Waals surface area contributed by atoms with Crippen molar-refractivity contribution in [1.82, 2.24) is 10.6 Å². The largest absolute Gasteiger partial charge is 0.352 e. The Kier molecular flexibility index (Phi) is 5.36. The van der Waals surface area contributed by atoms with Crippen molar-refractivity contribution >= 4 is 34.2 Å². The maximum absolute atomic E-state index is 12.8. The van der Waals surface area contributed by atoms with Gasteiger partial charge in [0, 0.05) is 30.0 Å². The molecule has 0 unspecified atom stereocenters. The van der Waals surface area contributed by atoms with Crippen LogP contribution in [0.3, 0.4) is 0 Å². The van der Waals surface area contributed by atoms with Crippen molar-refractivity contribution in [2.75, 3.05) is 19.6 Å². The van der Waals surface area contributed by atoms with E-state index in [1.54, 1.807) is 0 Å². The molecule has 0 radical (unpaired) electrons. The zero-order valence-electron chi connectivity index (χ0n) is 9.00. The van der Waals surface area contributed by atoms with Gasteiger partial charge in [0.2, 0.25) is 0 Å². The summed E-state index contributed by atoms with van der Waals surface area (Å²) in [5, 5.41) is 5.96. The molecule has 1 saturated heterocycles. The fourth-order valence-corrected chi connectivity index (χ4v) is 2.03. The lowest BCUT2D eigenvalue weighted by Gasteiger charge is -2.27. The van der Waals surface area contributed by atoms with Gasteiger partial charge in [0.1, 0.15) is 5.82 Å². The number of hydrogen-bond donors (Lipinski definition) is 2. The summed E-state index contributed by atoms with van der Waals surface area (Å²) in [6.07, 6.45) is 0. The van der Waals surface area contributed by atoms with Crippen LogP contribution in [-0.4, -0.2) is 25.5 Å². The highest BCUT2D eigenvalue weighted by atomic mass is 79.9. The molecule has 1 aromatic rings. The number of carbonyl (C=O) groups excluding carboxylic acids is 1. The Balaban J connectivity index is 0.00000144. The first kappa shape index (κ1) is 14.4. The number of benzene rings is 1. The summed E-state index contributed by atoms with van der Waals surface area (Å²) in [7, 11) is 0. The molecule has 0 aliphatic carbocycles. The molecule has 94 valence electrons. The second-order valence-electron chi connectivity index (χ2n) is 3.86. The summed E-state index contributed by atoms with van der Waals surface area (Å²) in [6, 6.07) is 4.05. The van der Waals surface area contributed by atoms with Crippen LogP contribution in [0.1, 0.15) is 10.4 Å². The third kappa shape index (κ3) is 3.66. The van der Waals surface area contributed by atoms with Crippen LogP contribution in [0.5, 0.6) is 0 Å². The predicted molar refractivity (Wildman–Crippen MR) is 70.0 cm³/mol. The van der Waals surface area contributed by atoms with Crippen LogP contribution in [0.25, 0.3) is 0 Å². The first-order chi connectivity index (χ1) is 7.66. The van der Waals surface area contributed by atoms with Crippen LogP contribution in [0.2, 0.25) is 0 Å². The third-order valence-corrected chi connectivity index (χ3v) is 3.25. The molecule has 1 amide bonds. The molecule has 1 aliphatic rings. The van der Waals surface area contributed by atoms with Crippen LogP contribution < -0.4 is 10.6 Å². The second kappa shape index (κ2) is 6.33. The van der Waals surface area contributed by atoms with Crippen LogP contribution in [-0.2, 0) is 0 Å². The van der Waals surface area contributed by atoms with E-state index in [0.29, 0.717) is 22.5 Å². The molecular formula is C11H13BrClFN2O. The van der Waals surface area contributed by atoms with Gasteiger partial charge in [0.15, 0.2) is 0 Å². The lowest BCUT2D eigenvalue weighted by molar-refractivity contribution is 0.0941. The summed E-state index contributed by atoms with van der Waals surface area (Å²) in [5.74, 6) is -0.00596. The van der Waals surface area contributed by atoms with E-state index in [-0.39, 0.29) is 24.1 Å². The van der Waals surface area contributed by atoms with Crippen molar-refractivity contribution in [2.24, 2.45) is 5.92 Å². The summed E-state index contributed by atoms with van der Waals surface area (Å²) in [6.45, 7) is 2.56. The van der Waals surface area contributed by atoms with E-state index < -0.39 is 0 Å². The standard InChI is InChI=1S/C11H12BrFN2O.ClH/c12-10-3-8(13)1-2-9(10)11(16)15-6-7-4-14-5-7;/h1-3,7,14H,4-6H2,(H,15,16);1H. The zero-order chi connectivity index (χ0) is 11.5. The maximum Gasteiger partial charge on any atom is 0.252 e. The first-order valence-electron chi connectivity index (χ1n) is 5.11. The number of nitrogens with one attached hydrogen (secondary N) is 2. The number of halogens is 3. The Morgan fingerprint density at radius 2 is 2.24 bits per heavy atom. The number of amides is 1. The van der Waals surface area contributed by atoms with Crippen LogP contribution in [0.15, 0.2) is 22.7 Å². The monoisotopic (exact) mass is 322 g/mol. The van der Waals surface area contributed by atoms with E-state index in [1.807, 2.05) is 0 Å². The SMILES string of the molecule is Cl.O=C(NCC1CNC1)c1ccc(F)cc1Br. The third-order valence-electron chi connectivity index (χ3n) is 2.59. The summed E-state index contributed by atoms with van der Waals surface area (Å²) in [4.78, 5) is 11.7. The van der Waals surface area contributed by atoms with Crippen LogP contribution in [0.4, 0.5) is 4.39 Å². The second-order valence-corrected chi connectivity index (χ2v) is 4.71. The molecule has 3 nitrogen and oxygen atoms in total. The van der Waals surface area contributed by atoms with E-state index in [4.69, 9.17) is 0 Å². The Bertz CT molecular complexity index is 412. The molecule has 2 N–H and O–H groups in total. The molecule has 0 bridgehead atoms. The molecule has 0 atom stereocenters. The minimum atomic E-state index is -0.355. The van der Waals surface area contributed by atoms with Crippen molar-refractivity contribution < 1.29 is 9.18 Å². The fraction of sp³-hybridized carbons (Fsp3) is 0.364. The van der Waals surface area contributed by atoms with E-state index in [1.165, 1.54) is 18.2 Å². The minimum Gasteiger partial charge on any atom is -0.352 e. The molecule has 0 spiro atoms. The van der Waals surface area contributed by atoms with Gasteiger partial charge in [0.25, 0.3) is 5.91 Å². The summed E-state index contributed by atoms with van der Waals surface area (Å²) >= 11 is 3.17. The normalized spacial score (nSPS) is 14.7. The highest BCUT2D eigenvalue weighted by molar-refractivity contribution is 9.10. The maximum atomic E-state index is 12.8. The molecule has 6 heteroatoms. The lowest BCUT2D eigenvalue weighted by Crippen LogP contribution is -2.48. The van der Waals surface area contributed by atoms with E-state index in [0.717, 1.165) is 13.1 Å². The van der Waals surface area contributed by atoms with E-state index in [9.17, 15) is 9.18 Å². The molecule has 1 heterocycles. The number of carbonyl (C=O) groups is 1. The van der Waals surface area contributed by atoms with E-state index >= 15 is 0 Å². The van der Waals surface area contributed by atoms with Gasteiger partial charge in [-0.25, -0.2) is 4.39 Å². The van der Waals surface area contributed by atoms with Gasteiger partial charge >= 0.3 is 0 Å². The predicted octanol–water partition coefficient (Wildman–Crippen LogP) is 1.96. The van der Waals surface area contributed by atoms with Crippen molar-refractivity contribution in [3.8, 4) is 0 Å². The van der Waals surface area contributed by atoms with Gasteiger partial charge in [-0.15, -0.1) is 12.4 Å². The summed E-state index contributed by atoms with van der Waals surface area (Å²) < 4.78 is 13.3. The van der Waals surface area contributed by atoms with Gasteiger partial charge in [-0.3, -0.25) is 4.79 Å². The van der Waals surface area contributed by atoms with Gasteiger partial charge in [-0.1, -0.05) is 0 Å². The molecule has 17 heavy (non-hydrogen) atoms. The molecule has 1 aromatic carbocycles. The number of rotatable bonds is 3. The average molecular weight is 324 g/mol. The van der Waals surface area contributed by atoms with Crippen molar-refractivity contribution in [3.63, 3.8) is 0 Å². The fourth-order valence-electron chi connectivity index (χ4n) is 1.50. The van der Waals surface area contributed by atoms with Gasteiger partial charge in [0.05, 0.1) is 5.56 Å². The summed E-state index contributed by atoms with van der Waals surface area (Å²) in [5.41, 5.74) is 0.466. The highest BCUT2D eigenvalue weighted by Gasteiger charge is 2.18. The van der Waals surface area contributed by atoms with Crippen molar-refractivity contribution in [3.05, 3.63) is 34.1 Å². The van der Waals surface area contributed by atoms with Gasteiger partial charge in [-0.05, 0) is 34.1 Å². The van der Waals surface area contributed by atoms with Crippen molar-refractivity contribution in [2.45, 2.75) is 0 Å². The van der Waals surface area contributed by atoms with Gasteiger partial charge in [-0.2, -0.15) is 0 Å². The molecule has 1 aliphatic heterocycles. The Labute approximate surface area is 114 Å². The van der Waals surface area contributed by atoms with E-state index in [2.05, 4.69) is 26.6 Å². The molecule has 0 aromatic heterocycles. The number of hydrogen-bond acceptors (Lipinski definition) is 2. The van der Waals surface area contributed by atoms with Gasteiger partial charge < -0.3 is 10.6 Å². The molecule has 0 saturated carbocycles. The highest BCUT2D eigenvalue weighted by Crippen LogP contribution is 2.17. The smallest absolute Gasteiger partial charge is 0.252 e. The molecular weight excluding hydrogens is 310 g/mol. The zero-order valence-corrected chi connectivity index (χ0v) is 11.4. The minimum absolute atomic E-state index is 0. The quantitative estimate of drug-likeness (QED) is 0.893. The lowest BCUT2D eigenvalue weighted by atomic mass is 10.0. The first-order valence-corrected chi connectivity index (χ1v) is 5.90. The van der Waals surface area contributed by atoms with Crippen molar-refractivity contribution in [1.29, 1.82) is 0 Å². The Morgan fingerprint density at radius 3 is 2.76 bits per heavy atom. The molecule has 1 fully saturated rings. The van der Waals surface area contributed by atoms with Crippen LogP contribution in [0, 0.1) is 11.7 Å². The molecule has 2 rings (SSSR count). The Morgan fingerprint density at radius 1 is 1.53 bits per heavy atom. The topological polar surface area (TPSA) is 41.1 Å². The van der Waals surface area contributed by atoms with Crippen LogP contribution >= 0.6 is 28.3 Å².